The quantitative estimate of drug-likeness (QED) is 0.749. The maximum absolute atomic E-state index is 5.82. The highest BCUT2D eigenvalue weighted by Gasteiger charge is 2.49. The zero-order valence-electron chi connectivity index (χ0n) is 12.1. The summed E-state index contributed by atoms with van der Waals surface area (Å²) in [5, 5.41) is 0. The number of aryl methyl sites for hydroxylation is 1. The first-order valence-electron chi connectivity index (χ1n) is 7.41. The lowest BCUT2D eigenvalue weighted by Crippen LogP contribution is -2.16. The van der Waals surface area contributed by atoms with Crippen LogP contribution in [0.4, 0.5) is 5.69 Å². The first-order valence-corrected chi connectivity index (χ1v) is 7.41. The molecule has 1 aromatic carbocycles. The summed E-state index contributed by atoms with van der Waals surface area (Å²) in [4.78, 5) is 9.08. The minimum Gasteiger partial charge on any atom is -0.399 e. The van der Waals surface area contributed by atoms with E-state index in [1.54, 1.807) is 0 Å². The molecule has 1 aliphatic carbocycles. The van der Waals surface area contributed by atoms with Gasteiger partial charge in [-0.25, -0.2) is 4.98 Å². The van der Waals surface area contributed by atoms with Crippen LogP contribution < -0.4 is 5.73 Å². The van der Waals surface area contributed by atoms with Gasteiger partial charge in [0.25, 0.3) is 0 Å². The van der Waals surface area contributed by atoms with E-state index in [2.05, 4.69) is 28.6 Å². The Hall–Kier alpha value is -2.36. The topological polar surface area (TPSA) is 56.7 Å². The molecule has 0 bridgehead atoms. The van der Waals surface area contributed by atoms with Crippen molar-refractivity contribution in [3.8, 4) is 0 Å². The number of aromatic nitrogens is 3. The number of pyridine rings is 1. The molecule has 0 amide bonds. The number of nitrogens with two attached hydrogens (primary N) is 1. The molecule has 3 aromatic rings. The number of anilines is 1. The molecule has 2 heterocycles. The van der Waals surface area contributed by atoms with Crippen molar-refractivity contribution < 1.29 is 0 Å². The third kappa shape index (κ3) is 1.75. The number of benzene rings is 1. The fraction of sp³-hybridized carbons (Fsp3) is 0.294. The molecule has 2 N–H and O–H groups in total. The van der Waals surface area contributed by atoms with Crippen molar-refractivity contribution in [2.24, 2.45) is 0 Å². The third-order valence-electron chi connectivity index (χ3n) is 4.51. The molecular weight excluding hydrogens is 260 g/mol. The monoisotopic (exact) mass is 278 g/mol. The number of hydrogen-bond donors (Lipinski definition) is 1. The molecule has 0 saturated heterocycles. The van der Waals surface area contributed by atoms with E-state index in [-0.39, 0.29) is 5.41 Å². The Morgan fingerprint density at radius 2 is 1.95 bits per heavy atom. The smallest absolute Gasteiger partial charge is 0.120 e. The molecule has 0 aliphatic heterocycles. The van der Waals surface area contributed by atoms with Crippen LogP contribution in [-0.4, -0.2) is 14.5 Å². The Bertz CT molecular complexity index is 797. The molecule has 1 fully saturated rings. The van der Waals surface area contributed by atoms with Crippen molar-refractivity contribution in [3.05, 3.63) is 54.1 Å². The Morgan fingerprint density at radius 1 is 1.19 bits per heavy atom. The number of imidazole rings is 1. The zero-order valence-corrected chi connectivity index (χ0v) is 12.1. The van der Waals surface area contributed by atoms with Crippen LogP contribution in [0, 0.1) is 0 Å². The van der Waals surface area contributed by atoms with E-state index in [0.29, 0.717) is 0 Å². The molecule has 4 nitrogen and oxygen atoms in total. The standard InChI is InChI=1S/C17H18N4/c1-2-21-15-7-10-19-11-14(15)20-16(21)17(8-9-17)12-3-5-13(18)6-4-12/h3-7,10-11H,2,8-9,18H2,1H3. The van der Waals surface area contributed by atoms with Gasteiger partial charge in [-0.05, 0) is 43.5 Å². The average Bonchev–Trinajstić information content (AvgIpc) is 3.23. The van der Waals surface area contributed by atoms with Crippen LogP contribution in [0.5, 0.6) is 0 Å². The van der Waals surface area contributed by atoms with Crippen molar-refractivity contribution >= 4 is 16.7 Å². The normalized spacial score (nSPS) is 16.2. The van der Waals surface area contributed by atoms with Gasteiger partial charge in [0.05, 0.1) is 17.1 Å². The Kier molecular flexibility index (Phi) is 2.55. The van der Waals surface area contributed by atoms with Crippen LogP contribution >= 0.6 is 0 Å². The average molecular weight is 278 g/mol. The van der Waals surface area contributed by atoms with Crippen LogP contribution in [0.3, 0.4) is 0 Å². The summed E-state index contributed by atoms with van der Waals surface area (Å²) in [6.45, 7) is 3.09. The van der Waals surface area contributed by atoms with E-state index in [9.17, 15) is 0 Å². The van der Waals surface area contributed by atoms with Gasteiger partial charge in [0.2, 0.25) is 0 Å². The highest BCUT2D eigenvalue weighted by Crippen LogP contribution is 2.53. The van der Waals surface area contributed by atoms with Gasteiger partial charge < -0.3 is 10.3 Å². The molecule has 0 spiro atoms. The minimum atomic E-state index is 0.0583. The fourth-order valence-electron chi connectivity index (χ4n) is 3.24. The van der Waals surface area contributed by atoms with Crippen molar-refractivity contribution in [2.75, 3.05) is 5.73 Å². The van der Waals surface area contributed by atoms with Crippen LogP contribution in [0.25, 0.3) is 11.0 Å². The minimum absolute atomic E-state index is 0.0583. The van der Waals surface area contributed by atoms with Crippen LogP contribution in [0.1, 0.15) is 31.2 Å². The second kappa shape index (κ2) is 4.32. The molecule has 4 heteroatoms. The number of fused-ring (bicyclic) bond motifs is 1. The molecule has 21 heavy (non-hydrogen) atoms. The predicted molar refractivity (Wildman–Crippen MR) is 84.1 cm³/mol. The second-order valence-electron chi connectivity index (χ2n) is 5.75. The van der Waals surface area contributed by atoms with Crippen molar-refractivity contribution in [3.63, 3.8) is 0 Å². The first kappa shape index (κ1) is 12.4. The van der Waals surface area contributed by atoms with Crippen molar-refractivity contribution in [1.82, 2.24) is 14.5 Å². The van der Waals surface area contributed by atoms with E-state index >= 15 is 0 Å². The molecule has 0 radical (unpaired) electrons. The maximum Gasteiger partial charge on any atom is 0.120 e. The molecule has 2 aromatic heterocycles. The fourth-order valence-corrected chi connectivity index (χ4v) is 3.24. The van der Waals surface area contributed by atoms with Gasteiger partial charge in [-0.1, -0.05) is 12.1 Å². The number of rotatable bonds is 3. The SMILES string of the molecule is CCn1c(C2(c3ccc(N)cc3)CC2)nc2cnccc21. The summed E-state index contributed by atoms with van der Waals surface area (Å²) in [5.74, 6) is 1.16. The van der Waals surface area contributed by atoms with Gasteiger partial charge in [-0.3, -0.25) is 4.98 Å². The number of nitrogens with zero attached hydrogens (tertiary/aromatic N) is 3. The Balaban J connectivity index is 1.91. The van der Waals surface area contributed by atoms with Gasteiger partial charge in [0.15, 0.2) is 0 Å². The second-order valence-corrected chi connectivity index (χ2v) is 5.75. The molecule has 1 saturated carbocycles. The highest BCUT2D eigenvalue weighted by atomic mass is 15.1. The predicted octanol–water partition coefficient (Wildman–Crippen LogP) is 3.11. The van der Waals surface area contributed by atoms with Crippen LogP contribution in [0.15, 0.2) is 42.7 Å². The van der Waals surface area contributed by atoms with Gasteiger partial charge in [-0.2, -0.15) is 0 Å². The zero-order chi connectivity index (χ0) is 14.4. The van der Waals surface area contributed by atoms with Crippen LogP contribution in [0.2, 0.25) is 0 Å². The van der Waals surface area contributed by atoms with Crippen molar-refractivity contribution in [1.29, 1.82) is 0 Å². The third-order valence-corrected chi connectivity index (χ3v) is 4.51. The van der Waals surface area contributed by atoms with Crippen molar-refractivity contribution in [2.45, 2.75) is 31.7 Å². The van der Waals surface area contributed by atoms with Gasteiger partial charge in [0, 0.05) is 18.4 Å². The molecular formula is C17H18N4. The molecule has 0 unspecified atom stereocenters. The molecule has 1 aliphatic rings. The maximum atomic E-state index is 5.82. The lowest BCUT2D eigenvalue weighted by atomic mass is 9.94. The van der Waals surface area contributed by atoms with E-state index < -0.39 is 0 Å². The van der Waals surface area contributed by atoms with Gasteiger partial charge in [0.1, 0.15) is 11.3 Å². The Labute approximate surface area is 123 Å². The van der Waals surface area contributed by atoms with Gasteiger partial charge in [-0.15, -0.1) is 0 Å². The summed E-state index contributed by atoms with van der Waals surface area (Å²) < 4.78 is 2.32. The van der Waals surface area contributed by atoms with E-state index in [1.165, 1.54) is 11.1 Å². The van der Waals surface area contributed by atoms with E-state index in [4.69, 9.17) is 10.7 Å². The van der Waals surface area contributed by atoms with E-state index in [0.717, 1.165) is 36.4 Å². The summed E-state index contributed by atoms with van der Waals surface area (Å²) in [6, 6.07) is 10.3. The molecule has 106 valence electrons. The number of hydrogen-bond acceptors (Lipinski definition) is 3. The summed E-state index contributed by atoms with van der Waals surface area (Å²) in [5.41, 5.74) is 10.2. The van der Waals surface area contributed by atoms with Gasteiger partial charge >= 0.3 is 0 Å². The summed E-state index contributed by atoms with van der Waals surface area (Å²) in [7, 11) is 0. The molecule has 0 atom stereocenters. The largest absolute Gasteiger partial charge is 0.399 e. The highest BCUT2D eigenvalue weighted by molar-refractivity contribution is 5.75. The first-order chi connectivity index (χ1) is 10.2. The number of nitrogen functional groups attached to an aromatic ring is 1. The Morgan fingerprint density at radius 3 is 2.62 bits per heavy atom. The lowest BCUT2D eigenvalue weighted by Gasteiger charge is -2.17. The van der Waals surface area contributed by atoms with Crippen LogP contribution in [-0.2, 0) is 12.0 Å². The summed E-state index contributed by atoms with van der Waals surface area (Å²) in [6.07, 6.45) is 5.98. The lowest BCUT2D eigenvalue weighted by molar-refractivity contribution is 0.654. The molecule has 4 rings (SSSR count). The summed E-state index contributed by atoms with van der Waals surface area (Å²) >= 11 is 0. The van der Waals surface area contributed by atoms with E-state index in [1.807, 2.05) is 30.6 Å².